The molecule has 2 N–H and O–H groups in total. The van der Waals surface area contributed by atoms with Crippen LogP contribution in [-0.2, 0) is 32.6 Å². The van der Waals surface area contributed by atoms with Gasteiger partial charge in [0, 0.05) is 26.1 Å². The fourth-order valence-electron chi connectivity index (χ4n) is 4.07. The Balaban J connectivity index is 1.53. The fraction of sp³-hybridized carbons (Fsp3) is 0.286. The SMILES string of the molecule is CNC(=O)[C@@H](c1ccccc1)N(Cc1ccc(F)cc1)C(=O)CCc1ccc(S(=O)(=O)NC2CC2)cc1. The predicted octanol–water partition coefficient (Wildman–Crippen LogP) is 3.72. The molecular formula is C28H30FN3O4S. The number of carbonyl (C=O) groups excluding carboxylic acids is 2. The van der Waals surface area contributed by atoms with Crippen LogP contribution in [0.1, 0.15) is 42.0 Å². The van der Waals surface area contributed by atoms with Crippen molar-refractivity contribution < 1.29 is 22.4 Å². The second-order valence-corrected chi connectivity index (χ2v) is 10.8. The normalized spacial score (nSPS) is 14.1. The van der Waals surface area contributed by atoms with E-state index in [0.717, 1.165) is 18.4 Å². The first-order valence-corrected chi connectivity index (χ1v) is 13.7. The van der Waals surface area contributed by atoms with Gasteiger partial charge in [0.25, 0.3) is 0 Å². The molecule has 1 saturated carbocycles. The number of sulfonamides is 1. The monoisotopic (exact) mass is 523 g/mol. The Morgan fingerprint density at radius 3 is 2.16 bits per heavy atom. The van der Waals surface area contributed by atoms with Gasteiger partial charge in [-0.1, -0.05) is 54.6 Å². The zero-order valence-electron chi connectivity index (χ0n) is 20.6. The summed E-state index contributed by atoms with van der Waals surface area (Å²) in [5.41, 5.74) is 2.16. The summed E-state index contributed by atoms with van der Waals surface area (Å²) in [5.74, 6) is -0.974. The third-order valence-corrected chi connectivity index (χ3v) is 7.81. The summed E-state index contributed by atoms with van der Waals surface area (Å²) in [6.07, 6.45) is 2.18. The number of benzene rings is 3. The van der Waals surface area contributed by atoms with Crippen LogP contribution in [0.4, 0.5) is 4.39 Å². The first kappa shape index (κ1) is 26.5. The summed E-state index contributed by atoms with van der Waals surface area (Å²) in [6, 6.07) is 20.5. The number of hydrogen-bond acceptors (Lipinski definition) is 4. The van der Waals surface area contributed by atoms with Gasteiger partial charge in [0.1, 0.15) is 11.9 Å². The minimum absolute atomic E-state index is 0.0206. The van der Waals surface area contributed by atoms with E-state index in [0.29, 0.717) is 17.5 Å². The maximum absolute atomic E-state index is 13.5. The van der Waals surface area contributed by atoms with Crippen molar-refractivity contribution in [1.82, 2.24) is 14.9 Å². The molecule has 0 unspecified atom stereocenters. The van der Waals surface area contributed by atoms with E-state index in [4.69, 9.17) is 0 Å². The van der Waals surface area contributed by atoms with Gasteiger partial charge in [0.05, 0.1) is 4.90 Å². The average Bonchev–Trinajstić information content (AvgIpc) is 3.72. The zero-order valence-corrected chi connectivity index (χ0v) is 21.4. The second kappa shape index (κ2) is 11.7. The van der Waals surface area contributed by atoms with E-state index >= 15 is 0 Å². The summed E-state index contributed by atoms with van der Waals surface area (Å²) in [7, 11) is -2.03. The minimum Gasteiger partial charge on any atom is -0.357 e. The van der Waals surface area contributed by atoms with E-state index in [1.807, 2.05) is 6.07 Å². The van der Waals surface area contributed by atoms with Crippen molar-refractivity contribution in [2.75, 3.05) is 7.05 Å². The van der Waals surface area contributed by atoms with Crippen molar-refractivity contribution in [3.63, 3.8) is 0 Å². The molecule has 0 aliphatic heterocycles. The van der Waals surface area contributed by atoms with E-state index in [2.05, 4.69) is 10.0 Å². The third-order valence-electron chi connectivity index (χ3n) is 6.27. The highest BCUT2D eigenvalue weighted by Crippen LogP contribution is 2.26. The van der Waals surface area contributed by atoms with Gasteiger partial charge in [0.2, 0.25) is 21.8 Å². The highest BCUT2D eigenvalue weighted by atomic mass is 32.2. The minimum atomic E-state index is -3.55. The maximum Gasteiger partial charge on any atom is 0.247 e. The van der Waals surface area contributed by atoms with Crippen LogP contribution < -0.4 is 10.0 Å². The van der Waals surface area contributed by atoms with Gasteiger partial charge in [-0.2, -0.15) is 0 Å². The number of amides is 2. The van der Waals surface area contributed by atoms with Crippen molar-refractivity contribution in [3.8, 4) is 0 Å². The van der Waals surface area contributed by atoms with Crippen LogP contribution in [0.25, 0.3) is 0 Å². The lowest BCUT2D eigenvalue weighted by Gasteiger charge is -2.31. The highest BCUT2D eigenvalue weighted by molar-refractivity contribution is 7.89. The lowest BCUT2D eigenvalue weighted by Crippen LogP contribution is -2.42. The van der Waals surface area contributed by atoms with E-state index < -0.39 is 16.1 Å². The molecule has 1 aliphatic carbocycles. The van der Waals surface area contributed by atoms with Crippen LogP contribution in [0.3, 0.4) is 0 Å². The first-order chi connectivity index (χ1) is 17.8. The second-order valence-electron chi connectivity index (χ2n) is 9.12. The van der Waals surface area contributed by atoms with E-state index in [9.17, 15) is 22.4 Å². The molecule has 0 bridgehead atoms. The molecular weight excluding hydrogens is 493 g/mol. The van der Waals surface area contributed by atoms with Gasteiger partial charge < -0.3 is 10.2 Å². The Hall–Kier alpha value is -3.56. The number of nitrogens with zero attached hydrogens (tertiary/aromatic N) is 1. The molecule has 0 spiro atoms. The van der Waals surface area contributed by atoms with Crippen molar-refractivity contribution >= 4 is 21.8 Å². The van der Waals surface area contributed by atoms with E-state index in [1.165, 1.54) is 36.2 Å². The Labute approximate surface area is 216 Å². The molecule has 4 rings (SSSR count). The third kappa shape index (κ3) is 7.02. The van der Waals surface area contributed by atoms with Gasteiger partial charge in [-0.15, -0.1) is 0 Å². The van der Waals surface area contributed by atoms with Crippen LogP contribution in [0.15, 0.2) is 83.8 Å². The Kier molecular flexibility index (Phi) is 8.35. The Morgan fingerprint density at radius 2 is 1.57 bits per heavy atom. The largest absolute Gasteiger partial charge is 0.357 e. The van der Waals surface area contributed by atoms with Gasteiger partial charge in [-0.3, -0.25) is 9.59 Å². The van der Waals surface area contributed by atoms with Gasteiger partial charge in [0.15, 0.2) is 0 Å². The molecule has 1 fully saturated rings. The lowest BCUT2D eigenvalue weighted by atomic mass is 10.0. The quantitative estimate of drug-likeness (QED) is 0.401. The predicted molar refractivity (Wildman–Crippen MR) is 138 cm³/mol. The molecule has 194 valence electrons. The number of aryl methyl sites for hydroxylation is 1. The molecule has 37 heavy (non-hydrogen) atoms. The van der Waals surface area contributed by atoms with Crippen molar-refractivity contribution in [3.05, 3.63) is 101 Å². The Bertz CT molecular complexity index is 1330. The number of likely N-dealkylation sites (N-methyl/N-ethyl adjacent to an activating group) is 1. The molecule has 1 atom stereocenters. The summed E-state index contributed by atoms with van der Waals surface area (Å²) < 4.78 is 41.0. The van der Waals surface area contributed by atoms with Crippen molar-refractivity contribution in [2.45, 2.75) is 49.2 Å². The summed E-state index contributed by atoms with van der Waals surface area (Å²) in [5, 5.41) is 2.65. The number of rotatable bonds is 11. The molecule has 2 amide bonds. The summed E-state index contributed by atoms with van der Waals surface area (Å²) in [4.78, 5) is 28.2. The van der Waals surface area contributed by atoms with Gasteiger partial charge >= 0.3 is 0 Å². The van der Waals surface area contributed by atoms with Crippen LogP contribution >= 0.6 is 0 Å². The maximum atomic E-state index is 13.5. The molecule has 3 aromatic carbocycles. The van der Waals surface area contributed by atoms with Gasteiger partial charge in [-0.05, 0) is 60.2 Å². The number of nitrogens with one attached hydrogen (secondary N) is 2. The van der Waals surface area contributed by atoms with E-state index in [1.54, 1.807) is 48.5 Å². The van der Waals surface area contributed by atoms with Crippen LogP contribution in [-0.4, -0.2) is 38.2 Å². The van der Waals surface area contributed by atoms with E-state index in [-0.39, 0.29) is 41.5 Å². The van der Waals surface area contributed by atoms with Crippen molar-refractivity contribution in [2.24, 2.45) is 0 Å². The molecule has 1 aliphatic rings. The summed E-state index contributed by atoms with van der Waals surface area (Å²) in [6.45, 7) is 0.121. The molecule has 0 saturated heterocycles. The Morgan fingerprint density at radius 1 is 0.946 bits per heavy atom. The molecule has 0 aromatic heterocycles. The first-order valence-electron chi connectivity index (χ1n) is 12.2. The molecule has 9 heteroatoms. The molecule has 3 aromatic rings. The molecule has 0 radical (unpaired) electrons. The zero-order chi connectivity index (χ0) is 26.4. The standard InChI is InChI=1S/C28H30FN3O4S/c1-30-28(34)27(22-5-3-2-4-6-22)32(19-21-7-12-23(29)13-8-21)26(33)18-11-20-9-16-25(17-10-20)37(35,36)31-24-14-15-24/h2-10,12-13,16-17,24,27,31H,11,14-15,18-19H2,1H3,(H,30,34)/t27-/m1/s1. The smallest absolute Gasteiger partial charge is 0.247 e. The number of carbonyl (C=O) groups is 2. The molecule has 7 nitrogen and oxygen atoms in total. The molecule has 0 heterocycles. The topological polar surface area (TPSA) is 95.6 Å². The van der Waals surface area contributed by atoms with Crippen LogP contribution in [0.2, 0.25) is 0 Å². The fourth-order valence-corrected chi connectivity index (χ4v) is 5.38. The van der Waals surface area contributed by atoms with Crippen LogP contribution in [0.5, 0.6) is 0 Å². The van der Waals surface area contributed by atoms with Crippen molar-refractivity contribution in [1.29, 1.82) is 0 Å². The highest BCUT2D eigenvalue weighted by Gasteiger charge is 2.31. The lowest BCUT2D eigenvalue weighted by molar-refractivity contribution is -0.141. The van der Waals surface area contributed by atoms with Gasteiger partial charge in [-0.25, -0.2) is 17.5 Å². The summed E-state index contributed by atoms with van der Waals surface area (Å²) >= 11 is 0. The number of hydrogen-bond donors (Lipinski definition) is 2. The number of halogens is 1. The van der Waals surface area contributed by atoms with Crippen LogP contribution in [0, 0.1) is 5.82 Å². The average molecular weight is 524 g/mol.